The van der Waals surface area contributed by atoms with Crippen LogP contribution in [0.4, 0.5) is 0 Å². The number of hydrogen-bond donors (Lipinski definition) is 2. The predicted molar refractivity (Wildman–Crippen MR) is 184 cm³/mol. The Morgan fingerprint density at radius 1 is 0.500 bits per heavy atom. The summed E-state index contributed by atoms with van der Waals surface area (Å²) < 4.78 is 12.1. The van der Waals surface area contributed by atoms with Gasteiger partial charge in [0.1, 0.15) is 11.5 Å². The Balaban J connectivity index is 1.41. The highest BCUT2D eigenvalue weighted by Crippen LogP contribution is 2.56. The van der Waals surface area contributed by atoms with Crippen molar-refractivity contribution < 1.29 is 19.7 Å². The van der Waals surface area contributed by atoms with Crippen LogP contribution in [0.15, 0.2) is 85.2 Å². The molecule has 2 aromatic heterocycles. The van der Waals surface area contributed by atoms with Gasteiger partial charge in [0.15, 0.2) is 11.2 Å². The number of benzene rings is 2. The van der Waals surface area contributed by atoms with Gasteiger partial charge in [-0.25, -0.2) is 0 Å². The lowest BCUT2D eigenvalue weighted by Gasteiger charge is -2.48. The van der Waals surface area contributed by atoms with Crippen LogP contribution in [0.1, 0.15) is 113 Å². The van der Waals surface area contributed by atoms with E-state index in [0.29, 0.717) is 46.9 Å². The lowest BCUT2D eigenvalue weighted by Crippen LogP contribution is -2.53. The molecule has 4 aromatic rings. The van der Waals surface area contributed by atoms with Gasteiger partial charge in [-0.3, -0.25) is 9.97 Å². The first-order chi connectivity index (χ1) is 22.5. The summed E-state index contributed by atoms with van der Waals surface area (Å²) >= 11 is 0. The summed E-state index contributed by atoms with van der Waals surface area (Å²) in [6.07, 6.45) is 17.8. The summed E-state index contributed by atoms with van der Waals surface area (Å²) in [5, 5.41) is 25.9. The van der Waals surface area contributed by atoms with Crippen molar-refractivity contribution in [3.05, 3.63) is 107 Å². The van der Waals surface area contributed by atoms with Gasteiger partial charge < -0.3 is 19.7 Å². The highest BCUT2D eigenvalue weighted by Gasteiger charge is 2.59. The molecule has 6 heteroatoms. The second kappa shape index (κ2) is 16.2. The predicted octanol–water partition coefficient (Wildman–Crippen LogP) is 9.11. The third-order valence-corrected chi connectivity index (χ3v) is 9.22. The maximum absolute atomic E-state index is 13.0. The molecule has 0 unspecified atom stereocenters. The lowest BCUT2D eigenvalue weighted by atomic mass is 9.62. The summed E-state index contributed by atoms with van der Waals surface area (Å²) in [6, 6.07) is 22.1. The number of unbranched alkanes of at least 4 members (excludes halogenated alkanes) is 10. The number of aromatic nitrogens is 2. The largest absolute Gasteiger partial charge is 0.494 e. The van der Waals surface area contributed by atoms with E-state index in [4.69, 9.17) is 9.47 Å². The quantitative estimate of drug-likeness (QED) is 0.108. The van der Waals surface area contributed by atoms with Crippen molar-refractivity contribution in [3.8, 4) is 22.9 Å². The smallest absolute Gasteiger partial charge is 0.154 e. The molecule has 0 aliphatic heterocycles. The molecular formula is C40H50N2O4. The number of hydrogen-bond acceptors (Lipinski definition) is 6. The van der Waals surface area contributed by atoms with E-state index in [1.54, 1.807) is 24.5 Å². The van der Waals surface area contributed by atoms with Crippen LogP contribution in [0.5, 0.6) is 11.5 Å². The van der Waals surface area contributed by atoms with Gasteiger partial charge in [-0.05, 0) is 60.4 Å². The van der Waals surface area contributed by atoms with E-state index < -0.39 is 11.2 Å². The van der Waals surface area contributed by atoms with Gasteiger partial charge in [-0.2, -0.15) is 0 Å². The molecule has 0 fully saturated rings. The number of fused-ring (bicyclic) bond motifs is 3. The van der Waals surface area contributed by atoms with Crippen LogP contribution in [-0.2, 0) is 11.2 Å². The van der Waals surface area contributed by atoms with Gasteiger partial charge in [0, 0.05) is 23.5 Å². The van der Waals surface area contributed by atoms with Crippen LogP contribution < -0.4 is 9.47 Å². The third kappa shape index (κ3) is 7.13. The summed E-state index contributed by atoms with van der Waals surface area (Å²) in [4.78, 5) is 9.27. The summed E-state index contributed by atoms with van der Waals surface area (Å²) in [5.74, 6) is 1.47. The van der Waals surface area contributed by atoms with Crippen molar-refractivity contribution in [3.63, 3.8) is 0 Å². The van der Waals surface area contributed by atoms with Crippen molar-refractivity contribution in [1.82, 2.24) is 9.97 Å². The SMILES string of the molecule is CCCCCCCCOc1ccc([C@]2(O)c3cccnc3-c3ncccc3[C@@]2(O)c2ccc(OCCCCCCCC)cc2)cc1. The summed E-state index contributed by atoms with van der Waals surface area (Å²) in [6.45, 7) is 5.76. The average Bonchev–Trinajstić information content (AvgIpc) is 3.10. The molecule has 0 radical (unpaired) electrons. The molecule has 0 saturated heterocycles. The van der Waals surface area contributed by atoms with Crippen molar-refractivity contribution in [2.75, 3.05) is 13.2 Å². The fourth-order valence-corrected chi connectivity index (χ4v) is 6.62. The molecule has 46 heavy (non-hydrogen) atoms. The van der Waals surface area contributed by atoms with Crippen molar-refractivity contribution in [2.45, 2.75) is 102 Å². The van der Waals surface area contributed by atoms with Crippen molar-refractivity contribution >= 4 is 0 Å². The zero-order valence-corrected chi connectivity index (χ0v) is 27.6. The maximum Gasteiger partial charge on any atom is 0.154 e. The zero-order chi connectivity index (χ0) is 32.2. The maximum atomic E-state index is 13.0. The second-order valence-corrected chi connectivity index (χ2v) is 12.5. The molecule has 0 amide bonds. The molecule has 0 bridgehead atoms. The van der Waals surface area contributed by atoms with Crippen molar-refractivity contribution in [2.24, 2.45) is 0 Å². The summed E-state index contributed by atoms with van der Waals surface area (Å²) in [7, 11) is 0. The fraction of sp³-hybridized carbons (Fsp3) is 0.450. The molecule has 1 aliphatic carbocycles. The Morgan fingerprint density at radius 3 is 1.26 bits per heavy atom. The number of rotatable bonds is 18. The molecule has 244 valence electrons. The van der Waals surface area contributed by atoms with Gasteiger partial charge in [-0.15, -0.1) is 0 Å². The molecule has 5 rings (SSSR count). The van der Waals surface area contributed by atoms with Crippen LogP contribution in [0.25, 0.3) is 11.4 Å². The van der Waals surface area contributed by atoms with Gasteiger partial charge in [0.25, 0.3) is 0 Å². The topological polar surface area (TPSA) is 84.7 Å². The Kier molecular flexibility index (Phi) is 11.8. The number of aliphatic hydroxyl groups is 2. The molecule has 2 atom stereocenters. The van der Waals surface area contributed by atoms with E-state index in [0.717, 1.165) is 37.2 Å². The van der Waals surface area contributed by atoms with E-state index in [2.05, 4.69) is 23.8 Å². The average molecular weight is 623 g/mol. The van der Waals surface area contributed by atoms with Crippen LogP contribution in [0, 0.1) is 0 Å². The number of pyridine rings is 2. The van der Waals surface area contributed by atoms with E-state index in [9.17, 15) is 10.2 Å². The third-order valence-electron chi connectivity index (χ3n) is 9.22. The molecule has 1 aliphatic rings. The van der Waals surface area contributed by atoms with E-state index >= 15 is 0 Å². The van der Waals surface area contributed by atoms with E-state index in [-0.39, 0.29) is 0 Å². The molecule has 0 saturated carbocycles. The second-order valence-electron chi connectivity index (χ2n) is 12.5. The highest BCUT2D eigenvalue weighted by molar-refractivity contribution is 5.74. The minimum Gasteiger partial charge on any atom is -0.494 e. The lowest BCUT2D eigenvalue weighted by molar-refractivity contribution is -0.114. The van der Waals surface area contributed by atoms with Crippen LogP contribution in [-0.4, -0.2) is 33.4 Å². The van der Waals surface area contributed by atoms with Crippen LogP contribution in [0.2, 0.25) is 0 Å². The molecular weight excluding hydrogens is 572 g/mol. The Labute approximate surface area is 274 Å². The molecule has 2 aromatic carbocycles. The number of ether oxygens (including phenoxy) is 2. The fourth-order valence-electron chi connectivity index (χ4n) is 6.62. The monoisotopic (exact) mass is 622 g/mol. The first kappa shape index (κ1) is 33.6. The van der Waals surface area contributed by atoms with Crippen LogP contribution >= 0.6 is 0 Å². The Hall–Kier alpha value is -3.74. The summed E-state index contributed by atoms with van der Waals surface area (Å²) in [5.41, 5.74) is -0.583. The van der Waals surface area contributed by atoms with Crippen LogP contribution in [0.3, 0.4) is 0 Å². The Morgan fingerprint density at radius 2 is 0.870 bits per heavy atom. The zero-order valence-electron chi connectivity index (χ0n) is 27.6. The minimum absolute atomic E-state index is 0.493. The van der Waals surface area contributed by atoms with Gasteiger partial charge in [0.05, 0.1) is 24.6 Å². The number of nitrogens with zero attached hydrogens (tertiary/aromatic N) is 2. The van der Waals surface area contributed by atoms with Gasteiger partial charge >= 0.3 is 0 Å². The van der Waals surface area contributed by atoms with Gasteiger partial charge in [0.2, 0.25) is 0 Å². The normalized spacial score (nSPS) is 18.5. The molecule has 6 nitrogen and oxygen atoms in total. The standard InChI is InChI=1S/C40H50N2O4/c1-3-5-7-9-11-13-29-45-33-23-19-31(20-24-33)39(43)35-17-15-27-41-37(35)38-36(18-16-28-42-38)40(39,44)32-21-25-34(26-22-32)46-30-14-12-10-8-6-4-2/h15-28,43-44H,3-14,29-30H2,1-2H3/t39-,40-/m0/s1. The van der Waals surface area contributed by atoms with E-state index in [1.807, 2.05) is 60.7 Å². The first-order valence-corrected chi connectivity index (χ1v) is 17.4. The molecule has 0 spiro atoms. The highest BCUT2D eigenvalue weighted by atomic mass is 16.5. The van der Waals surface area contributed by atoms with Crippen molar-refractivity contribution in [1.29, 1.82) is 0 Å². The molecule has 2 N–H and O–H groups in total. The molecule has 2 heterocycles. The minimum atomic E-state index is -1.87. The Bertz CT molecular complexity index is 1390. The van der Waals surface area contributed by atoms with E-state index in [1.165, 1.54) is 51.4 Å². The van der Waals surface area contributed by atoms with Gasteiger partial charge in [-0.1, -0.05) is 114 Å². The first-order valence-electron chi connectivity index (χ1n) is 17.4.